The molecule has 2 aliphatic heterocycles. The first-order chi connectivity index (χ1) is 7.27. The van der Waals surface area contributed by atoms with Gasteiger partial charge in [0.15, 0.2) is 0 Å². The van der Waals surface area contributed by atoms with E-state index in [2.05, 4.69) is 29.7 Å². The molecule has 80 valence electrons. The lowest BCUT2D eigenvalue weighted by Gasteiger charge is -2.25. The van der Waals surface area contributed by atoms with Crippen LogP contribution in [0.3, 0.4) is 0 Å². The number of nitrogens with one attached hydrogen (secondary N) is 1. The van der Waals surface area contributed by atoms with Gasteiger partial charge in [0.25, 0.3) is 0 Å². The van der Waals surface area contributed by atoms with Gasteiger partial charge in [0.2, 0.25) is 0 Å². The fraction of sp³-hybridized carbons (Fsp3) is 0.300. The number of nitrogens with zero attached hydrogens (tertiary/aromatic N) is 1. The summed E-state index contributed by atoms with van der Waals surface area (Å²) < 4.78 is 1.37. The van der Waals surface area contributed by atoms with Crippen LogP contribution < -0.4 is 5.32 Å². The maximum atomic E-state index is 4.13. The first kappa shape index (κ1) is 11.2. The molecule has 2 nitrogen and oxygen atoms in total. The van der Waals surface area contributed by atoms with Crippen molar-refractivity contribution in [3.63, 3.8) is 0 Å². The Labute approximate surface area is 103 Å². The molecule has 0 radical (unpaired) electrons. The molecule has 2 aliphatic rings. The topological polar surface area (TPSA) is 24.4 Å². The molecular formula is C10H12N2S3. The lowest BCUT2D eigenvalue weighted by molar-refractivity contribution is 1.14. The maximum Gasteiger partial charge on any atom is 0.0924 e. The molecule has 0 aromatic carbocycles. The van der Waals surface area contributed by atoms with Gasteiger partial charge in [-0.05, 0) is 25.0 Å². The van der Waals surface area contributed by atoms with E-state index in [1.165, 1.54) is 25.3 Å². The lowest BCUT2D eigenvalue weighted by atomic mass is 10.2. The van der Waals surface area contributed by atoms with Crippen LogP contribution in [0.1, 0.15) is 6.92 Å². The SMILES string of the molecule is CSC1=C(C)C(SC)=C2NC=NC=C2S1. The minimum Gasteiger partial charge on any atom is -0.344 e. The predicted octanol–water partition coefficient (Wildman–Crippen LogP) is 3.38. The highest BCUT2D eigenvalue weighted by Crippen LogP contribution is 2.48. The van der Waals surface area contributed by atoms with Crippen molar-refractivity contribution in [3.8, 4) is 0 Å². The van der Waals surface area contributed by atoms with E-state index in [0.29, 0.717) is 0 Å². The smallest absolute Gasteiger partial charge is 0.0924 e. The van der Waals surface area contributed by atoms with Gasteiger partial charge in [-0.2, -0.15) is 0 Å². The van der Waals surface area contributed by atoms with Gasteiger partial charge in [-0.25, -0.2) is 4.99 Å². The summed E-state index contributed by atoms with van der Waals surface area (Å²) in [6.07, 6.45) is 7.90. The minimum absolute atomic E-state index is 1.21. The Hall–Kier alpha value is -0.260. The van der Waals surface area contributed by atoms with Crippen LogP contribution >= 0.6 is 35.3 Å². The van der Waals surface area contributed by atoms with Crippen molar-refractivity contribution in [3.05, 3.63) is 31.5 Å². The van der Waals surface area contributed by atoms with Crippen LogP contribution in [0.25, 0.3) is 0 Å². The zero-order chi connectivity index (χ0) is 10.8. The maximum absolute atomic E-state index is 4.13. The van der Waals surface area contributed by atoms with Crippen molar-refractivity contribution < 1.29 is 0 Å². The van der Waals surface area contributed by atoms with Crippen molar-refractivity contribution in [1.29, 1.82) is 0 Å². The number of thioether (sulfide) groups is 3. The Kier molecular flexibility index (Phi) is 3.53. The molecule has 0 aromatic rings. The number of allylic oxidation sites excluding steroid dienone is 1. The highest BCUT2D eigenvalue weighted by Gasteiger charge is 2.23. The molecule has 0 fully saturated rings. The van der Waals surface area contributed by atoms with Crippen molar-refractivity contribution in [2.75, 3.05) is 12.5 Å². The fourth-order valence-corrected chi connectivity index (χ4v) is 4.32. The average molecular weight is 256 g/mol. The summed E-state index contributed by atoms with van der Waals surface area (Å²) >= 11 is 5.39. The monoisotopic (exact) mass is 256 g/mol. The van der Waals surface area contributed by atoms with E-state index in [1.807, 2.05) is 6.20 Å². The number of rotatable bonds is 2. The van der Waals surface area contributed by atoms with Gasteiger partial charge in [-0.1, -0.05) is 11.8 Å². The molecule has 0 atom stereocenters. The Morgan fingerprint density at radius 3 is 2.80 bits per heavy atom. The van der Waals surface area contributed by atoms with E-state index in [-0.39, 0.29) is 0 Å². The van der Waals surface area contributed by atoms with E-state index in [9.17, 15) is 0 Å². The van der Waals surface area contributed by atoms with Crippen LogP contribution in [0.5, 0.6) is 0 Å². The van der Waals surface area contributed by atoms with Gasteiger partial charge in [0, 0.05) is 15.3 Å². The number of hydrogen-bond acceptors (Lipinski definition) is 5. The van der Waals surface area contributed by atoms with Gasteiger partial charge >= 0.3 is 0 Å². The van der Waals surface area contributed by atoms with Gasteiger partial charge in [-0.15, -0.1) is 23.5 Å². The Bertz CT molecular complexity index is 405. The van der Waals surface area contributed by atoms with Crippen LogP contribution in [0.2, 0.25) is 0 Å². The van der Waals surface area contributed by atoms with Gasteiger partial charge in [0.1, 0.15) is 0 Å². The van der Waals surface area contributed by atoms with E-state index >= 15 is 0 Å². The third kappa shape index (κ3) is 2.00. The summed E-state index contributed by atoms with van der Waals surface area (Å²) in [5, 5.41) is 3.23. The molecule has 0 spiro atoms. The molecule has 2 heterocycles. The quantitative estimate of drug-likeness (QED) is 0.818. The van der Waals surface area contributed by atoms with Crippen LogP contribution in [-0.2, 0) is 0 Å². The second-order valence-electron chi connectivity index (χ2n) is 3.04. The largest absolute Gasteiger partial charge is 0.344 e. The molecular weight excluding hydrogens is 244 g/mol. The Balaban J connectivity index is 2.50. The Morgan fingerprint density at radius 1 is 1.33 bits per heavy atom. The zero-order valence-electron chi connectivity index (χ0n) is 8.83. The highest BCUT2D eigenvalue weighted by atomic mass is 32.2. The number of hydrogen-bond donors (Lipinski definition) is 1. The summed E-state index contributed by atoms with van der Waals surface area (Å²) in [5.74, 6) is 0. The van der Waals surface area contributed by atoms with Crippen LogP contribution in [0, 0.1) is 0 Å². The first-order valence-electron chi connectivity index (χ1n) is 4.48. The zero-order valence-corrected chi connectivity index (χ0v) is 11.3. The van der Waals surface area contributed by atoms with Gasteiger partial charge < -0.3 is 5.32 Å². The van der Waals surface area contributed by atoms with Crippen molar-refractivity contribution >= 4 is 41.6 Å². The van der Waals surface area contributed by atoms with Crippen LogP contribution in [-0.4, -0.2) is 18.9 Å². The second kappa shape index (κ2) is 4.72. The molecule has 0 saturated heterocycles. The van der Waals surface area contributed by atoms with E-state index in [0.717, 1.165) is 0 Å². The molecule has 0 aliphatic carbocycles. The third-order valence-electron chi connectivity index (χ3n) is 2.19. The standard InChI is InChI=1S/C10H12N2S3/c1-6-9(13-2)8-7(4-11-5-12-8)15-10(6)14-3/h4-5H,1-3H3,(H,11,12). The molecule has 0 amide bonds. The summed E-state index contributed by atoms with van der Waals surface area (Å²) in [5.41, 5.74) is 2.58. The minimum atomic E-state index is 1.21. The molecule has 15 heavy (non-hydrogen) atoms. The number of aliphatic imine (C=N–C) groups is 1. The van der Waals surface area contributed by atoms with Crippen molar-refractivity contribution in [1.82, 2.24) is 5.32 Å². The summed E-state index contributed by atoms with van der Waals surface area (Å²) in [7, 11) is 0. The van der Waals surface area contributed by atoms with E-state index < -0.39 is 0 Å². The lowest BCUT2D eigenvalue weighted by Crippen LogP contribution is -2.18. The molecule has 0 aromatic heterocycles. The number of fused-ring (bicyclic) bond motifs is 1. The van der Waals surface area contributed by atoms with Crippen LogP contribution in [0.4, 0.5) is 0 Å². The molecule has 5 heteroatoms. The van der Waals surface area contributed by atoms with Crippen molar-refractivity contribution in [2.45, 2.75) is 6.92 Å². The molecule has 2 rings (SSSR count). The van der Waals surface area contributed by atoms with E-state index in [4.69, 9.17) is 0 Å². The normalized spacial score (nSPS) is 20.1. The summed E-state index contributed by atoms with van der Waals surface area (Å²) in [6.45, 7) is 2.18. The molecule has 0 unspecified atom stereocenters. The Morgan fingerprint density at radius 2 is 2.13 bits per heavy atom. The summed E-state index contributed by atoms with van der Waals surface area (Å²) in [4.78, 5) is 6.68. The molecule has 0 bridgehead atoms. The predicted molar refractivity (Wildman–Crippen MR) is 74.1 cm³/mol. The van der Waals surface area contributed by atoms with Gasteiger partial charge in [-0.3, -0.25) is 0 Å². The van der Waals surface area contributed by atoms with Crippen molar-refractivity contribution in [2.24, 2.45) is 4.99 Å². The fourth-order valence-electron chi connectivity index (χ4n) is 1.50. The van der Waals surface area contributed by atoms with E-state index in [1.54, 1.807) is 41.6 Å². The molecule has 1 N–H and O–H groups in total. The van der Waals surface area contributed by atoms with Crippen LogP contribution in [0.15, 0.2) is 36.5 Å². The van der Waals surface area contributed by atoms with Gasteiger partial charge in [0.05, 0.1) is 16.9 Å². The third-order valence-corrected chi connectivity index (χ3v) is 5.55. The first-order valence-corrected chi connectivity index (χ1v) is 7.74. The average Bonchev–Trinajstić information content (AvgIpc) is 2.28. The summed E-state index contributed by atoms with van der Waals surface area (Å²) in [6, 6.07) is 0. The highest BCUT2D eigenvalue weighted by molar-refractivity contribution is 8.24. The second-order valence-corrected chi connectivity index (χ2v) is 5.99. The molecule has 0 saturated carbocycles.